The van der Waals surface area contributed by atoms with Crippen LogP contribution < -0.4 is 11.1 Å². The Kier molecular flexibility index (Phi) is 3.66. The molecule has 1 aliphatic carbocycles. The maximum Gasteiger partial charge on any atom is 0.188 e. The minimum Gasteiger partial charge on any atom is -0.378 e. The molecular weight excluding hydrogens is 206 g/mol. The van der Waals surface area contributed by atoms with Crippen molar-refractivity contribution in [1.82, 2.24) is 5.32 Å². The molecule has 0 radical (unpaired) electrons. The average molecular weight is 227 g/mol. The molecule has 1 heterocycles. The van der Waals surface area contributed by atoms with Gasteiger partial charge in [-0.1, -0.05) is 0 Å². The average Bonchev–Trinajstić information content (AvgIpc) is 2.70. The number of aliphatic imine (C=N–C) groups is 1. The summed E-state index contributed by atoms with van der Waals surface area (Å²) in [7, 11) is 1.71. The largest absolute Gasteiger partial charge is 0.378 e. The van der Waals surface area contributed by atoms with Crippen LogP contribution in [-0.2, 0) is 9.47 Å². The van der Waals surface area contributed by atoms with Crippen LogP contribution >= 0.6 is 0 Å². The number of guanidine groups is 1. The number of nitrogens with one attached hydrogen (secondary N) is 1. The number of hydrogen-bond acceptors (Lipinski definition) is 3. The Hall–Kier alpha value is -0.810. The number of nitrogens with two attached hydrogens (primary N) is 1. The molecule has 1 aliphatic heterocycles. The van der Waals surface area contributed by atoms with Gasteiger partial charge in [-0.2, -0.15) is 0 Å². The predicted molar refractivity (Wildman–Crippen MR) is 62.4 cm³/mol. The van der Waals surface area contributed by atoms with Crippen molar-refractivity contribution in [3.63, 3.8) is 0 Å². The van der Waals surface area contributed by atoms with Crippen molar-refractivity contribution in [3.05, 3.63) is 0 Å². The molecule has 1 unspecified atom stereocenters. The third-order valence-electron chi connectivity index (χ3n) is 3.49. The van der Waals surface area contributed by atoms with E-state index >= 15 is 0 Å². The van der Waals surface area contributed by atoms with Gasteiger partial charge in [0.25, 0.3) is 0 Å². The molecule has 0 amide bonds. The first-order chi connectivity index (χ1) is 7.74. The van der Waals surface area contributed by atoms with Crippen LogP contribution in [0.2, 0.25) is 0 Å². The van der Waals surface area contributed by atoms with E-state index < -0.39 is 0 Å². The molecule has 0 aromatic heterocycles. The maximum atomic E-state index is 5.82. The first kappa shape index (κ1) is 11.7. The van der Waals surface area contributed by atoms with E-state index in [2.05, 4.69) is 10.3 Å². The van der Waals surface area contributed by atoms with E-state index in [0.717, 1.165) is 13.0 Å². The second-order valence-corrected chi connectivity index (χ2v) is 4.66. The van der Waals surface area contributed by atoms with Gasteiger partial charge >= 0.3 is 0 Å². The van der Waals surface area contributed by atoms with Gasteiger partial charge < -0.3 is 20.5 Å². The molecule has 1 saturated carbocycles. The minimum atomic E-state index is -0.258. The van der Waals surface area contributed by atoms with Crippen molar-refractivity contribution in [2.75, 3.05) is 26.9 Å². The molecule has 0 aromatic carbocycles. The Morgan fingerprint density at radius 1 is 1.62 bits per heavy atom. The summed E-state index contributed by atoms with van der Waals surface area (Å²) < 4.78 is 10.8. The van der Waals surface area contributed by atoms with Gasteiger partial charge in [0.1, 0.15) is 5.60 Å². The van der Waals surface area contributed by atoms with Crippen molar-refractivity contribution in [2.24, 2.45) is 10.7 Å². The first-order valence-corrected chi connectivity index (χ1v) is 5.93. The molecule has 0 spiro atoms. The molecule has 16 heavy (non-hydrogen) atoms. The normalized spacial score (nSPS) is 31.4. The minimum absolute atomic E-state index is 0.258. The number of ether oxygens (including phenoxy) is 2. The third-order valence-corrected chi connectivity index (χ3v) is 3.49. The first-order valence-electron chi connectivity index (χ1n) is 5.93. The van der Waals surface area contributed by atoms with Crippen LogP contribution in [0.1, 0.15) is 25.7 Å². The lowest BCUT2D eigenvalue weighted by Gasteiger charge is -2.28. The second kappa shape index (κ2) is 5.01. The predicted octanol–water partition coefficient (Wildman–Crippen LogP) is 0.249. The summed E-state index contributed by atoms with van der Waals surface area (Å²) in [6.07, 6.45) is 4.59. The van der Waals surface area contributed by atoms with Gasteiger partial charge in [0, 0.05) is 26.2 Å². The highest BCUT2D eigenvalue weighted by Gasteiger charge is 2.34. The molecule has 3 N–H and O–H groups in total. The topological polar surface area (TPSA) is 68.9 Å². The van der Waals surface area contributed by atoms with E-state index in [1.165, 1.54) is 19.3 Å². The van der Waals surface area contributed by atoms with Crippen LogP contribution in [-0.4, -0.2) is 44.5 Å². The van der Waals surface area contributed by atoms with Gasteiger partial charge in [-0.15, -0.1) is 0 Å². The molecule has 0 aromatic rings. The van der Waals surface area contributed by atoms with E-state index in [1.807, 2.05) is 0 Å². The summed E-state index contributed by atoms with van der Waals surface area (Å²) in [4.78, 5) is 4.35. The summed E-state index contributed by atoms with van der Waals surface area (Å²) in [6, 6.07) is 0.530. The molecule has 0 bridgehead atoms. The molecule has 1 atom stereocenters. The lowest BCUT2D eigenvalue weighted by Crippen LogP contribution is -2.45. The Morgan fingerprint density at radius 2 is 2.44 bits per heavy atom. The van der Waals surface area contributed by atoms with Gasteiger partial charge in [0.2, 0.25) is 0 Å². The van der Waals surface area contributed by atoms with Crippen LogP contribution in [0, 0.1) is 0 Å². The van der Waals surface area contributed by atoms with E-state index in [9.17, 15) is 0 Å². The highest BCUT2D eigenvalue weighted by Crippen LogP contribution is 2.22. The highest BCUT2D eigenvalue weighted by atomic mass is 16.5. The highest BCUT2D eigenvalue weighted by molar-refractivity contribution is 5.78. The fraction of sp³-hybridized carbons (Fsp3) is 0.909. The summed E-state index contributed by atoms with van der Waals surface area (Å²) in [6.45, 7) is 1.94. The molecule has 92 valence electrons. The molecule has 2 aliphatic rings. The maximum absolute atomic E-state index is 5.82. The van der Waals surface area contributed by atoms with Crippen LogP contribution in [0.5, 0.6) is 0 Å². The van der Waals surface area contributed by atoms with Crippen LogP contribution in [0.25, 0.3) is 0 Å². The van der Waals surface area contributed by atoms with Gasteiger partial charge in [-0.05, 0) is 19.3 Å². The fourth-order valence-electron chi connectivity index (χ4n) is 1.98. The lowest BCUT2D eigenvalue weighted by atomic mass is 9.93. The number of rotatable bonds is 4. The molecule has 1 saturated heterocycles. The van der Waals surface area contributed by atoms with Crippen molar-refractivity contribution >= 4 is 5.96 Å². The zero-order valence-electron chi connectivity index (χ0n) is 9.87. The SMILES string of the molecule is COC1(CN=C(N)NC2CCC2)CCOC1. The molecule has 2 fully saturated rings. The Labute approximate surface area is 96.4 Å². The Balaban J connectivity index is 1.80. The Bertz CT molecular complexity index is 258. The van der Waals surface area contributed by atoms with Gasteiger partial charge in [0.05, 0.1) is 13.2 Å². The Morgan fingerprint density at radius 3 is 2.94 bits per heavy atom. The summed E-state index contributed by atoms with van der Waals surface area (Å²) in [5, 5.41) is 3.21. The summed E-state index contributed by atoms with van der Waals surface area (Å²) in [5.74, 6) is 0.535. The van der Waals surface area contributed by atoms with Crippen LogP contribution in [0.4, 0.5) is 0 Å². The van der Waals surface area contributed by atoms with Gasteiger partial charge in [-0.3, -0.25) is 4.99 Å². The quantitative estimate of drug-likeness (QED) is 0.533. The van der Waals surface area contributed by atoms with Crippen LogP contribution in [0.15, 0.2) is 4.99 Å². The zero-order chi connectivity index (χ0) is 11.4. The monoisotopic (exact) mass is 227 g/mol. The zero-order valence-corrected chi connectivity index (χ0v) is 9.87. The van der Waals surface area contributed by atoms with Gasteiger partial charge in [0.15, 0.2) is 5.96 Å². The standard InChI is InChI=1S/C11H21N3O2/c1-15-11(5-6-16-8-11)7-13-10(12)14-9-3-2-4-9/h9H,2-8H2,1H3,(H3,12,13,14). The van der Waals surface area contributed by atoms with E-state index in [1.54, 1.807) is 7.11 Å². The van der Waals surface area contributed by atoms with Crippen molar-refractivity contribution in [2.45, 2.75) is 37.3 Å². The molecule has 5 heteroatoms. The lowest BCUT2D eigenvalue weighted by molar-refractivity contribution is -0.00907. The fourth-order valence-corrected chi connectivity index (χ4v) is 1.98. The van der Waals surface area contributed by atoms with E-state index in [0.29, 0.717) is 25.2 Å². The second-order valence-electron chi connectivity index (χ2n) is 4.66. The van der Waals surface area contributed by atoms with Crippen molar-refractivity contribution in [3.8, 4) is 0 Å². The van der Waals surface area contributed by atoms with Crippen LogP contribution in [0.3, 0.4) is 0 Å². The molecular formula is C11H21N3O2. The number of methoxy groups -OCH3 is 1. The molecule has 2 rings (SSSR count). The summed E-state index contributed by atoms with van der Waals surface area (Å²) >= 11 is 0. The van der Waals surface area contributed by atoms with Gasteiger partial charge in [-0.25, -0.2) is 0 Å². The summed E-state index contributed by atoms with van der Waals surface area (Å²) in [5.41, 5.74) is 5.56. The van der Waals surface area contributed by atoms with E-state index in [4.69, 9.17) is 15.2 Å². The van der Waals surface area contributed by atoms with E-state index in [-0.39, 0.29) is 5.60 Å². The molecule has 5 nitrogen and oxygen atoms in total. The van der Waals surface area contributed by atoms with Crippen molar-refractivity contribution in [1.29, 1.82) is 0 Å². The third kappa shape index (κ3) is 2.65. The number of hydrogen-bond donors (Lipinski definition) is 2. The number of nitrogens with zero attached hydrogens (tertiary/aromatic N) is 1. The smallest absolute Gasteiger partial charge is 0.188 e. The van der Waals surface area contributed by atoms with Crippen molar-refractivity contribution < 1.29 is 9.47 Å².